The predicted octanol–water partition coefficient (Wildman–Crippen LogP) is 2.19. The third-order valence-corrected chi connectivity index (χ3v) is 3.28. The zero-order valence-electron chi connectivity index (χ0n) is 12.8. The highest BCUT2D eigenvalue weighted by molar-refractivity contribution is 5.93. The monoisotopic (exact) mass is 326 g/mol. The summed E-state index contributed by atoms with van der Waals surface area (Å²) in [5.74, 6) is -0.131. The molecule has 2 rings (SSSR count). The van der Waals surface area contributed by atoms with Gasteiger partial charge in [0.15, 0.2) is 0 Å². The number of carbonyl (C=O) groups is 2. The molecule has 1 atom stereocenters. The van der Waals surface area contributed by atoms with Gasteiger partial charge in [-0.3, -0.25) is 4.79 Å². The Morgan fingerprint density at radius 3 is 2.18 bits per heavy atom. The average Bonchev–Trinajstić information content (AvgIpc) is 3.25. The van der Waals surface area contributed by atoms with E-state index in [1.165, 1.54) is 0 Å². The second-order valence-corrected chi connectivity index (χ2v) is 5.40. The second-order valence-electron chi connectivity index (χ2n) is 5.40. The fraction of sp³-hybridized carbons (Fsp3) is 0.467. The summed E-state index contributed by atoms with van der Waals surface area (Å²) >= 11 is 0. The van der Waals surface area contributed by atoms with Crippen molar-refractivity contribution in [3.05, 3.63) is 24.3 Å². The zero-order chi connectivity index (χ0) is 15.2. The lowest BCUT2D eigenvalue weighted by Crippen LogP contribution is -2.30. The van der Waals surface area contributed by atoms with Gasteiger partial charge >= 0.3 is 6.03 Å². The van der Waals surface area contributed by atoms with E-state index >= 15 is 0 Å². The molecule has 1 fully saturated rings. The summed E-state index contributed by atoms with van der Waals surface area (Å²) in [5.41, 5.74) is 1.42. The van der Waals surface area contributed by atoms with Crippen molar-refractivity contribution >= 4 is 35.7 Å². The van der Waals surface area contributed by atoms with Crippen molar-refractivity contribution in [2.24, 2.45) is 5.92 Å². The van der Waals surface area contributed by atoms with Crippen molar-refractivity contribution in [2.45, 2.75) is 25.8 Å². The van der Waals surface area contributed by atoms with E-state index in [4.69, 9.17) is 0 Å². The van der Waals surface area contributed by atoms with Gasteiger partial charge in [0.05, 0.1) is 0 Å². The van der Waals surface area contributed by atoms with Crippen LogP contribution in [0.3, 0.4) is 0 Å². The molecule has 1 saturated carbocycles. The van der Waals surface area contributed by atoms with Crippen LogP contribution in [0.1, 0.15) is 19.8 Å². The Hall–Kier alpha value is -1.79. The molecule has 0 heterocycles. The van der Waals surface area contributed by atoms with Crippen LogP contribution in [0.5, 0.6) is 0 Å². The fourth-order valence-corrected chi connectivity index (χ4v) is 1.88. The van der Waals surface area contributed by atoms with Gasteiger partial charge < -0.3 is 21.3 Å². The molecule has 22 heavy (non-hydrogen) atoms. The third-order valence-electron chi connectivity index (χ3n) is 3.28. The Bertz CT molecular complexity index is 503. The van der Waals surface area contributed by atoms with E-state index in [9.17, 15) is 9.59 Å². The van der Waals surface area contributed by atoms with Crippen LogP contribution < -0.4 is 21.3 Å². The summed E-state index contributed by atoms with van der Waals surface area (Å²) < 4.78 is 0. The maximum Gasteiger partial charge on any atom is 0.319 e. The minimum atomic E-state index is -0.183. The summed E-state index contributed by atoms with van der Waals surface area (Å²) in [5, 5.41) is 11.4. The van der Waals surface area contributed by atoms with Crippen LogP contribution in [-0.2, 0) is 4.79 Å². The SMILES string of the molecule is CNCC(C)C(=O)Nc1ccc(NC(=O)NC2CC2)cc1.Cl. The van der Waals surface area contributed by atoms with Crippen molar-refractivity contribution in [1.29, 1.82) is 0 Å². The first-order valence-electron chi connectivity index (χ1n) is 7.21. The first-order valence-corrected chi connectivity index (χ1v) is 7.21. The van der Waals surface area contributed by atoms with E-state index < -0.39 is 0 Å². The van der Waals surface area contributed by atoms with Gasteiger partial charge in [-0.25, -0.2) is 4.79 Å². The molecule has 0 radical (unpaired) electrons. The van der Waals surface area contributed by atoms with Crippen LogP contribution in [0.25, 0.3) is 0 Å². The molecule has 0 aliphatic heterocycles. The highest BCUT2D eigenvalue weighted by atomic mass is 35.5. The van der Waals surface area contributed by atoms with E-state index in [-0.39, 0.29) is 30.3 Å². The van der Waals surface area contributed by atoms with E-state index in [0.717, 1.165) is 18.5 Å². The molecule has 0 spiro atoms. The van der Waals surface area contributed by atoms with Crippen molar-refractivity contribution in [3.63, 3.8) is 0 Å². The molecule has 0 aromatic heterocycles. The lowest BCUT2D eigenvalue weighted by molar-refractivity contribution is -0.119. The minimum absolute atomic E-state index is 0. The van der Waals surface area contributed by atoms with Gasteiger partial charge in [-0.15, -0.1) is 12.4 Å². The quantitative estimate of drug-likeness (QED) is 0.646. The minimum Gasteiger partial charge on any atom is -0.335 e. The Morgan fingerprint density at radius 2 is 1.68 bits per heavy atom. The standard InChI is InChI=1S/C15H22N4O2.ClH/c1-10(9-16-2)14(20)17-11-3-5-12(6-4-11)18-15(21)19-13-7-8-13;/h3-6,10,13,16H,7-9H2,1-2H3,(H,17,20)(H2,18,19,21);1H. The fourth-order valence-electron chi connectivity index (χ4n) is 1.88. The average molecular weight is 327 g/mol. The first kappa shape index (κ1) is 18.3. The predicted molar refractivity (Wildman–Crippen MR) is 90.6 cm³/mol. The van der Waals surface area contributed by atoms with Crippen LogP contribution in [0, 0.1) is 5.92 Å². The zero-order valence-corrected chi connectivity index (χ0v) is 13.6. The van der Waals surface area contributed by atoms with Crippen molar-refractivity contribution in [3.8, 4) is 0 Å². The topological polar surface area (TPSA) is 82.3 Å². The lowest BCUT2D eigenvalue weighted by Gasteiger charge is -2.12. The maximum absolute atomic E-state index is 11.9. The van der Waals surface area contributed by atoms with Gasteiger partial charge in [-0.2, -0.15) is 0 Å². The van der Waals surface area contributed by atoms with Crippen LogP contribution in [0.4, 0.5) is 16.2 Å². The number of carbonyl (C=O) groups excluding carboxylic acids is 2. The molecule has 0 bridgehead atoms. The molecule has 1 aliphatic carbocycles. The molecule has 3 amide bonds. The highest BCUT2D eigenvalue weighted by Crippen LogP contribution is 2.19. The summed E-state index contributed by atoms with van der Waals surface area (Å²) in [4.78, 5) is 23.5. The van der Waals surface area contributed by atoms with Crippen LogP contribution in [0.2, 0.25) is 0 Å². The molecule has 1 aromatic carbocycles. The second kappa shape index (κ2) is 8.60. The summed E-state index contributed by atoms with van der Waals surface area (Å²) in [7, 11) is 1.82. The number of nitrogens with one attached hydrogen (secondary N) is 4. The summed E-state index contributed by atoms with van der Waals surface area (Å²) in [6.07, 6.45) is 2.12. The van der Waals surface area contributed by atoms with E-state index in [2.05, 4.69) is 21.3 Å². The first-order chi connectivity index (χ1) is 10.1. The summed E-state index contributed by atoms with van der Waals surface area (Å²) in [6, 6.07) is 7.23. The number of rotatable bonds is 6. The molecule has 4 N–H and O–H groups in total. The van der Waals surface area contributed by atoms with Crippen LogP contribution >= 0.6 is 12.4 Å². The van der Waals surface area contributed by atoms with E-state index in [1.54, 1.807) is 24.3 Å². The largest absolute Gasteiger partial charge is 0.335 e. The van der Waals surface area contributed by atoms with E-state index in [0.29, 0.717) is 18.3 Å². The summed E-state index contributed by atoms with van der Waals surface area (Å²) in [6.45, 7) is 2.50. The van der Waals surface area contributed by atoms with Crippen molar-refractivity contribution in [2.75, 3.05) is 24.2 Å². The number of benzene rings is 1. The number of halogens is 1. The molecule has 1 aromatic rings. The van der Waals surface area contributed by atoms with Gasteiger partial charge in [0, 0.05) is 29.9 Å². The van der Waals surface area contributed by atoms with Gasteiger partial charge in [-0.1, -0.05) is 6.92 Å². The normalized spacial score (nSPS) is 14.5. The molecule has 6 nitrogen and oxygen atoms in total. The third kappa shape index (κ3) is 5.91. The molecule has 0 saturated heterocycles. The molecule has 1 unspecified atom stereocenters. The Labute approximate surface area is 136 Å². The Morgan fingerprint density at radius 1 is 1.14 bits per heavy atom. The number of amides is 3. The van der Waals surface area contributed by atoms with E-state index in [1.807, 2.05) is 14.0 Å². The van der Waals surface area contributed by atoms with Gasteiger partial charge in [0.25, 0.3) is 0 Å². The molecule has 7 heteroatoms. The highest BCUT2D eigenvalue weighted by Gasteiger charge is 2.23. The van der Waals surface area contributed by atoms with Gasteiger partial charge in [0.1, 0.15) is 0 Å². The number of hydrogen-bond acceptors (Lipinski definition) is 3. The molecule has 1 aliphatic rings. The van der Waals surface area contributed by atoms with Crippen molar-refractivity contribution < 1.29 is 9.59 Å². The molecule has 122 valence electrons. The maximum atomic E-state index is 11.9. The number of anilines is 2. The number of urea groups is 1. The number of hydrogen-bond donors (Lipinski definition) is 4. The molecular weight excluding hydrogens is 304 g/mol. The molecular formula is C15H23ClN4O2. The Kier molecular flexibility index (Phi) is 7.14. The van der Waals surface area contributed by atoms with Crippen molar-refractivity contribution in [1.82, 2.24) is 10.6 Å². The van der Waals surface area contributed by atoms with Crippen LogP contribution in [0.15, 0.2) is 24.3 Å². The Balaban J connectivity index is 0.00000242. The van der Waals surface area contributed by atoms with Crippen LogP contribution in [-0.4, -0.2) is 31.6 Å². The smallest absolute Gasteiger partial charge is 0.319 e. The van der Waals surface area contributed by atoms with Gasteiger partial charge in [0.2, 0.25) is 5.91 Å². The van der Waals surface area contributed by atoms with Gasteiger partial charge in [-0.05, 0) is 44.2 Å². The lowest BCUT2D eigenvalue weighted by atomic mass is 10.1.